The van der Waals surface area contributed by atoms with Gasteiger partial charge in [-0.1, -0.05) is 17.7 Å². The lowest BCUT2D eigenvalue weighted by Gasteiger charge is -2.09. The molecule has 130 valence electrons. The van der Waals surface area contributed by atoms with Gasteiger partial charge in [0, 0.05) is 31.0 Å². The maximum absolute atomic E-state index is 11.9. The third kappa shape index (κ3) is 5.08. The van der Waals surface area contributed by atoms with Crippen LogP contribution in [-0.2, 0) is 11.2 Å². The summed E-state index contributed by atoms with van der Waals surface area (Å²) in [4.78, 5) is 16.3. The summed E-state index contributed by atoms with van der Waals surface area (Å²) in [5.74, 6) is 0.730. The van der Waals surface area contributed by atoms with E-state index < -0.39 is 0 Å². The number of oxazole rings is 1. The van der Waals surface area contributed by atoms with Crippen molar-refractivity contribution in [1.82, 2.24) is 15.6 Å². The zero-order valence-corrected chi connectivity index (χ0v) is 14.7. The molecule has 0 saturated carbocycles. The first-order chi connectivity index (χ1) is 11.2. The zero-order valence-electron chi connectivity index (χ0n) is 13.9. The van der Waals surface area contributed by atoms with Gasteiger partial charge in [-0.05, 0) is 38.4 Å². The van der Waals surface area contributed by atoms with Gasteiger partial charge >= 0.3 is 0 Å². The number of hydrogen-bond acceptors (Lipinski definition) is 4. The number of nitrogens with zero attached hydrogens (tertiary/aromatic N) is 1. The Morgan fingerprint density at radius 1 is 1.38 bits per heavy atom. The molecule has 24 heavy (non-hydrogen) atoms. The van der Waals surface area contributed by atoms with Gasteiger partial charge < -0.3 is 15.1 Å². The fourth-order valence-electron chi connectivity index (χ4n) is 2.81. The monoisotopic (exact) mass is 349 g/mol. The minimum absolute atomic E-state index is 0. The van der Waals surface area contributed by atoms with Gasteiger partial charge in [0.15, 0.2) is 0 Å². The van der Waals surface area contributed by atoms with Crippen molar-refractivity contribution in [3.8, 4) is 11.5 Å². The van der Waals surface area contributed by atoms with Crippen molar-refractivity contribution >= 4 is 18.3 Å². The molecule has 2 heterocycles. The van der Waals surface area contributed by atoms with Crippen molar-refractivity contribution in [1.29, 1.82) is 0 Å². The predicted octanol–water partition coefficient (Wildman–Crippen LogP) is 2.87. The molecule has 3 rings (SSSR count). The second-order valence-electron chi connectivity index (χ2n) is 6.11. The number of hydrogen-bond donors (Lipinski definition) is 2. The van der Waals surface area contributed by atoms with Crippen molar-refractivity contribution in [3.05, 3.63) is 41.8 Å². The van der Waals surface area contributed by atoms with E-state index in [1.165, 1.54) is 12.0 Å². The van der Waals surface area contributed by atoms with E-state index in [0.717, 1.165) is 24.2 Å². The first-order valence-electron chi connectivity index (χ1n) is 8.22. The Bertz CT molecular complexity index is 649. The second-order valence-corrected chi connectivity index (χ2v) is 6.11. The van der Waals surface area contributed by atoms with E-state index in [0.29, 0.717) is 31.3 Å². The molecular weight excluding hydrogens is 326 g/mol. The predicted molar refractivity (Wildman–Crippen MR) is 96.3 cm³/mol. The van der Waals surface area contributed by atoms with Crippen molar-refractivity contribution in [2.45, 2.75) is 38.6 Å². The molecule has 1 aromatic carbocycles. The smallest absolute Gasteiger partial charge is 0.226 e. The van der Waals surface area contributed by atoms with E-state index in [1.807, 2.05) is 24.3 Å². The van der Waals surface area contributed by atoms with Crippen LogP contribution in [0, 0.1) is 6.92 Å². The fourth-order valence-corrected chi connectivity index (χ4v) is 2.81. The minimum atomic E-state index is 0. The maximum Gasteiger partial charge on any atom is 0.226 e. The SMILES string of the molecule is Cc1ccc(-c2nc(CCNC(=O)CC3CCCN3)co2)cc1.Cl. The van der Waals surface area contributed by atoms with Crippen molar-refractivity contribution < 1.29 is 9.21 Å². The average Bonchev–Trinajstić information content (AvgIpc) is 3.20. The molecule has 1 aliphatic heterocycles. The summed E-state index contributed by atoms with van der Waals surface area (Å²) in [7, 11) is 0. The van der Waals surface area contributed by atoms with Crippen LogP contribution >= 0.6 is 12.4 Å². The molecule has 0 radical (unpaired) electrons. The zero-order chi connectivity index (χ0) is 16.1. The van der Waals surface area contributed by atoms with Gasteiger partial charge in [0.1, 0.15) is 6.26 Å². The fraction of sp³-hybridized carbons (Fsp3) is 0.444. The second kappa shape index (κ2) is 8.85. The molecule has 2 aromatic rings. The van der Waals surface area contributed by atoms with Crippen molar-refractivity contribution in [3.63, 3.8) is 0 Å². The normalized spacial score (nSPS) is 16.6. The Kier molecular flexibility index (Phi) is 6.82. The Morgan fingerprint density at radius 2 is 2.17 bits per heavy atom. The Labute approximate surface area is 148 Å². The molecule has 1 fully saturated rings. The highest BCUT2D eigenvalue weighted by Crippen LogP contribution is 2.19. The van der Waals surface area contributed by atoms with Gasteiger partial charge in [-0.3, -0.25) is 4.79 Å². The highest BCUT2D eigenvalue weighted by atomic mass is 35.5. The molecule has 1 unspecified atom stereocenters. The van der Waals surface area contributed by atoms with E-state index in [2.05, 4.69) is 22.5 Å². The average molecular weight is 350 g/mol. The molecule has 0 bridgehead atoms. The van der Waals surface area contributed by atoms with Crippen LogP contribution in [0.15, 0.2) is 34.9 Å². The van der Waals surface area contributed by atoms with Crippen LogP contribution in [0.25, 0.3) is 11.5 Å². The molecule has 1 aromatic heterocycles. The number of aryl methyl sites for hydroxylation is 1. The highest BCUT2D eigenvalue weighted by molar-refractivity contribution is 5.85. The molecule has 5 nitrogen and oxygen atoms in total. The van der Waals surface area contributed by atoms with Gasteiger partial charge in [-0.15, -0.1) is 12.4 Å². The molecule has 0 aliphatic carbocycles. The Morgan fingerprint density at radius 3 is 2.88 bits per heavy atom. The number of benzene rings is 1. The summed E-state index contributed by atoms with van der Waals surface area (Å²) in [6, 6.07) is 8.42. The highest BCUT2D eigenvalue weighted by Gasteiger charge is 2.17. The van der Waals surface area contributed by atoms with E-state index in [9.17, 15) is 4.79 Å². The third-order valence-corrected chi connectivity index (χ3v) is 4.15. The van der Waals surface area contributed by atoms with E-state index in [1.54, 1.807) is 6.26 Å². The van der Waals surface area contributed by atoms with Crippen LogP contribution in [0.4, 0.5) is 0 Å². The van der Waals surface area contributed by atoms with E-state index in [-0.39, 0.29) is 18.3 Å². The number of nitrogens with one attached hydrogen (secondary N) is 2. The largest absolute Gasteiger partial charge is 0.444 e. The minimum Gasteiger partial charge on any atom is -0.444 e. The molecule has 1 amide bonds. The first-order valence-corrected chi connectivity index (χ1v) is 8.22. The van der Waals surface area contributed by atoms with Gasteiger partial charge in [0.2, 0.25) is 11.8 Å². The third-order valence-electron chi connectivity index (χ3n) is 4.15. The van der Waals surface area contributed by atoms with Crippen LogP contribution in [0.3, 0.4) is 0 Å². The number of carbonyl (C=O) groups excluding carboxylic acids is 1. The summed E-state index contributed by atoms with van der Waals surface area (Å²) in [5.41, 5.74) is 3.04. The van der Waals surface area contributed by atoms with Crippen LogP contribution in [0.2, 0.25) is 0 Å². The summed E-state index contributed by atoms with van der Waals surface area (Å²) >= 11 is 0. The lowest BCUT2D eigenvalue weighted by atomic mass is 10.1. The van der Waals surface area contributed by atoms with Crippen molar-refractivity contribution in [2.24, 2.45) is 0 Å². The van der Waals surface area contributed by atoms with Crippen LogP contribution < -0.4 is 10.6 Å². The number of halogens is 1. The molecule has 0 spiro atoms. The number of carbonyl (C=O) groups is 1. The van der Waals surface area contributed by atoms with E-state index >= 15 is 0 Å². The number of amides is 1. The van der Waals surface area contributed by atoms with Gasteiger partial charge in [-0.2, -0.15) is 0 Å². The number of rotatable bonds is 6. The van der Waals surface area contributed by atoms with Gasteiger partial charge in [0.25, 0.3) is 0 Å². The lowest BCUT2D eigenvalue weighted by molar-refractivity contribution is -0.121. The van der Waals surface area contributed by atoms with Crippen LogP contribution in [0.1, 0.15) is 30.5 Å². The van der Waals surface area contributed by atoms with Crippen LogP contribution in [-0.4, -0.2) is 30.0 Å². The Hall–Kier alpha value is -1.85. The maximum atomic E-state index is 11.9. The van der Waals surface area contributed by atoms with Crippen molar-refractivity contribution in [2.75, 3.05) is 13.1 Å². The van der Waals surface area contributed by atoms with Gasteiger partial charge in [-0.25, -0.2) is 4.98 Å². The molecule has 1 saturated heterocycles. The number of aromatic nitrogens is 1. The molecule has 2 N–H and O–H groups in total. The molecule has 6 heteroatoms. The quantitative estimate of drug-likeness (QED) is 0.841. The standard InChI is InChI=1S/C18H23N3O2.ClH/c1-13-4-6-14(7-5-13)18-21-16(12-23-18)8-10-20-17(22)11-15-3-2-9-19-15;/h4-7,12,15,19H,2-3,8-11H2,1H3,(H,20,22);1H. The summed E-state index contributed by atoms with van der Waals surface area (Å²) < 4.78 is 5.52. The van der Waals surface area contributed by atoms with Gasteiger partial charge in [0.05, 0.1) is 5.69 Å². The molecule has 1 aliphatic rings. The lowest BCUT2D eigenvalue weighted by Crippen LogP contribution is -2.32. The molecular formula is C18H24ClN3O2. The summed E-state index contributed by atoms with van der Waals surface area (Å²) in [5, 5.41) is 6.29. The summed E-state index contributed by atoms with van der Waals surface area (Å²) in [6.45, 7) is 3.67. The summed E-state index contributed by atoms with van der Waals surface area (Å²) in [6.07, 6.45) is 5.17. The topological polar surface area (TPSA) is 67.2 Å². The van der Waals surface area contributed by atoms with Crippen LogP contribution in [0.5, 0.6) is 0 Å². The molecule has 1 atom stereocenters. The van der Waals surface area contributed by atoms with E-state index in [4.69, 9.17) is 4.42 Å². The first kappa shape index (κ1) is 18.5. The Balaban J connectivity index is 0.00000208.